The van der Waals surface area contributed by atoms with Crippen LogP contribution in [0.5, 0.6) is 0 Å². The first kappa shape index (κ1) is 53.2. The van der Waals surface area contributed by atoms with Gasteiger partial charge in [-0.2, -0.15) is 0 Å². The van der Waals surface area contributed by atoms with Crippen LogP contribution in [0.4, 0.5) is 0 Å². The Bertz CT molecular complexity index is 1080. The molecule has 9 heteroatoms. The lowest BCUT2D eigenvalue weighted by Gasteiger charge is -2.25. The van der Waals surface area contributed by atoms with E-state index < -0.39 is 20.0 Å². The highest BCUT2D eigenvalue weighted by atomic mass is 31.2. The number of unbranched alkanes of at least 4 members (excludes halogenated alkanes) is 18. The van der Waals surface area contributed by atoms with E-state index in [-0.39, 0.29) is 19.1 Å². The molecule has 1 amide bonds. The summed E-state index contributed by atoms with van der Waals surface area (Å²) in [6, 6.07) is -0.873. The van der Waals surface area contributed by atoms with Crippen molar-refractivity contribution in [3.8, 4) is 0 Å². The van der Waals surface area contributed by atoms with Crippen LogP contribution in [0.15, 0.2) is 60.8 Å². The second-order valence-electron chi connectivity index (χ2n) is 16.0. The number of aliphatic hydroxyl groups is 1. The topological polar surface area (TPSA) is 105 Å². The smallest absolute Gasteiger partial charge is 0.387 e. The minimum Gasteiger partial charge on any atom is -0.387 e. The fourth-order valence-electron chi connectivity index (χ4n) is 5.93. The van der Waals surface area contributed by atoms with Gasteiger partial charge in [-0.3, -0.25) is 13.8 Å². The van der Waals surface area contributed by atoms with Crippen molar-refractivity contribution in [2.45, 2.75) is 187 Å². The second-order valence-corrected chi connectivity index (χ2v) is 17.5. The fourth-order valence-corrected chi connectivity index (χ4v) is 6.67. The molecule has 3 N–H and O–H groups in total. The molecule has 0 aromatic rings. The van der Waals surface area contributed by atoms with E-state index in [1.54, 1.807) is 6.08 Å². The molecule has 0 fully saturated rings. The van der Waals surface area contributed by atoms with Gasteiger partial charge in [-0.25, -0.2) is 4.57 Å². The van der Waals surface area contributed by atoms with E-state index >= 15 is 0 Å². The molecule has 320 valence electrons. The third-order valence-electron chi connectivity index (χ3n) is 9.45. The molecule has 8 nitrogen and oxygen atoms in total. The molecule has 0 rings (SSSR count). The van der Waals surface area contributed by atoms with Crippen molar-refractivity contribution in [2.24, 2.45) is 0 Å². The van der Waals surface area contributed by atoms with Crippen LogP contribution >= 0.6 is 7.82 Å². The highest BCUT2D eigenvalue weighted by Gasteiger charge is 2.27. The van der Waals surface area contributed by atoms with Gasteiger partial charge < -0.3 is 19.8 Å². The molecular formula is C46H86N2O6P+. The minimum absolute atomic E-state index is 0.0492. The zero-order valence-corrected chi connectivity index (χ0v) is 37.0. The number of aliphatic hydroxyl groups excluding tert-OH is 1. The Labute approximate surface area is 339 Å². The van der Waals surface area contributed by atoms with Crippen LogP contribution in [0.25, 0.3) is 0 Å². The van der Waals surface area contributed by atoms with E-state index in [0.717, 1.165) is 70.6 Å². The maximum Gasteiger partial charge on any atom is 0.472 e. The number of quaternary nitrogens is 1. The van der Waals surface area contributed by atoms with Gasteiger partial charge in [0.2, 0.25) is 5.91 Å². The average molecular weight is 794 g/mol. The number of likely N-dealkylation sites (N-methyl/N-ethyl adjacent to an activating group) is 1. The number of carbonyl (C=O) groups is 1. The molecule has 3 atom stereocenters. The van der Waals surface area contributed by atoms with Crippen molar-refractivity contribution in [2.75, 3.05) is 40.9 Å². The van der Waals surface area contributed by atoms with Crippen LogP contribution in [0.1, 0.15) is 174 Å². The summed E-state index contributed by atoms with van der Waals surface area (Å²) >= 11 is 0. The van der Waals surface area contributed by atoms with Crippen LogP contribution in [-0.2, 0) is 18.4 Å². The van der Waals surface area contributed by atoms with Crippen LogP contribution in [0.2, 0.25) is 0 Å². The predicted octanol–water partition coefficient (Wildman–Crippen LogP) is 12.2. The van der Waals surface area contributed by atoms with Crippen LogP contribution < -0.4 is 5.32 Å². The monoisotopic (exact) mass is 794 g/mol. The summed E-state index contributed by atoms with van der Waals surface area (Å²) in [5.74, 6) is -0.204. The molecule has 0 aliphatic heterocycles. The number of phosphoric acid groups is 1. The molecule has 0 aliphatic rings. The van der Waals surface area contributed by atoms with Crippen molar-refractivity contribution < 1.29 is 32.9 Å². The third kappa shape index (κ3) is 40.2. The summed E-state index contributed by atoms with van der Waals surface area (Å²) in [5, 5.41) is 13.7. The number of nitrogens with one attached hydrogen (secondary N) is 1. The van der Waals surface area contributed by atoms with Gasteiger partial charge in [-0.05, 0) is 70.6 Å². The van der Waals surface area contributed by atoms with E-state index in [2.05, 4.69) is 67.8 Å². The third-order valence-corrected chi connectivity index (χ3v) is 10.4. The van der Waals surface area contributed by atoms with Crippen molar-refractivity contribution in [3.05, 3.63) is 60.8 Å². The van der Waals surface area contributed by atoms with E-state index in [0.29, 0.717) is 17.4 Å². The molecular weight excluding hydrogens is 707 g/mol. The normalized spacial score (nSPS) is 15.0. The molecule has 3 unspecified atom stereocenters. The average Bonchev–Trinajstić information content (AvgIpc) is 3.13. The molecule has 0 saturated heterocycles. The first-order valence-corrected chi connectivity index (χ1v) is 23.7. The Hall–Kier alpha value is -1.80. The quantitative estimate of drug-likeness (QED) is 0.0248. The predicted molar refractivity (Wildman–Crippen MR) is 235 cm³/mol. The van der Waals surface area contributed by atoms with Gasteiger partial charge in [0, 0.05) is 6.42 Å². The fraction of sp³-hybridized carbons (Fsp3) is 0.761. The lowest BCUT2D eigenvalue weighted by atomic mass is 10.1. The van der Waals surface area contributed by atoms with Gasteiger partial charge in [0.1, 0.15) is 13.2 Å². The first-order valence-electron chi connectivity index (χ1n) is 22.2. The summed E-state index contributed by atoms with van der Waals surface area (Å²) in [6.07, 6.45) is 48.8. The molecule has 55 heavy (non-hydrogen) atoms. The molecule has 0 saturated carbocycles. The van der Waals surface area contributed by atoms with Gasteiger partial charge in [-0.1, -0.05) is 158 Å². The number of nitrogens with zero attached hydrogens (tertiary/aromatic N) is 1. The molecule has 0 aromatic heterocycles. The summed E-state index contributed by atoms with van der Waals surface area (Å²) in [5.41, 5.74) is 0. The van der Waals surface area contributed by atoms with Crippen LogP contribution in [0, 0.1) is 0 Å². The number of rotatable bonds is 39. The molecule has 0 bridgehead atoms. The standard InChI is InChI=1S/C46H85N2O6P/c1-6-8-10-12-14-16-18-19-20-21-22-23-24-25-26-27-28-29-30-32-34-36-38-40-46(50)47-44(43-54-55(51,52)53-42-41-48(3,4)5)45(49)39-37-35-33-31-17-15-13-11-9-7-2/h9,11,17,22-23,25-26,31,37,39,44-45,49H,6-8,10,12-16,18-21,24,27-30,32-36,38,40-43H2,1-5H3,(H-,47,50,51,52)/p+1/b11-9+,23-22-,26-25-,31-17+,39-37+. The van der Waals surface area contributed by atoms with Crippen LogP contribution in [0.3, 0.4) is 0 Å². The highest BCUT2D eigenvalue weighted by Crippen LogP contribution is 2.43. The van der Waals surface area contributed by atoms with Crippen molar-refractivity contribution in [1.29, 1.82) is 0 Å². The summed E-state index contributed by atoms with van der Waals surface area (Å²) in [7, 11) is 1.53. The van der Waals surface area contributed by atoms with Gasteiger partial charge >= 0.3 is 7.82 Å². The lowest BCUT2D eigenvalue weighted by molar-refractivity contribution is -0.870. The van der Waals surface area contributed by atoms with E-state index in [9.17, 15) is 19.4 Å². The van der Waals surface area contributed by atoms with Gasteiger partial charge in [0.25, 0.3) is 0 Å². The van der Waals surface area contributed by atoms with Gasteiger partial charge in [0.15, 0.2) is 0 Å². The summed E-state index contributed by atoms with van der Waals surface area (Å²) < 4.78 is 23.5. The Morgan fingerprint density at radius 2 is 1.11 bits per heavy atom. The van der Waals surface area contributed by atoms with E-state index in [1.165, 1.54) is 83.5 Å². The molecule has 0 aliphatic carbocycles. The molecule has 0 heterocycles. The maximum atomic E-state index is 12.8. The van der Waals surface area contributed by atoms with E-state index in [1.807, 2.05) is 27.2 Å². The zero-order chi connectivity index (χ0) is 40.7. The Morgan fingerprint density at radius 1 is 0.636 bits per heavy atom. The van der Waals surface area contributed by atoms with E-state index in [4.69, 9.17) is 9.05 Å². The highest BCUT2D eigenvalue weighted by molar-refractivity contribution is 7.47. The number of hydrogen-bond acceptors (Lipinski definition) is 5. The van der Waals surface area contributed by atoms with Crippen molar-refractivity contribution in [3.63, 3.8) is 0 Å². The number of allylic oxidation sites excluding steroid dienone is 9. The van der Waals surface area contributed by atoms with Gasteiger partial charge in [0.05, 0.1) is 39.9 Å². The minimum atomic E-state index is -4.35. The molecule has 0 aromatic carbocycles. The summed E-state index contributed by atoms with van der Waals surface area (Å²) in [4.78, 5) is 23.0. The number of hydrogen-bond donors (Lipinski definition) is 3. The number of phosphoric ester groups is 1. The second kappa shape index (κ2) is 37.8. The Morgan fingerprint density at radius 3 is 1.64 bits per heavy atom. The van der Waals surface area contributed by atoms with Crippen molar-refractivity contribution >= 4 is 13.7 Å². The largest absolute Gasteiger partial charge is 0.472 e. The zero-order valence-electron chi connectivity index (χ0n) is 36.1. The maximum absolute atomic E-state index is 12.8. The first-order chi connectivity index (χ1) is 26.5. The number of amides is 1. The Balaban J connectivity index is 4.32. The molecule has 0 spiro atoms. The molecule has 0 radical (unpaired) electrons. The van der Waals surface area contributed by atoms with Gasteiger partial charge in [-0.15, -0.1) is 0 Å². The lowest BCUT2D eigenvalue weighted by Crippen LogP contribution is -2.45. The van der Waals surface area contributed by atoms with Crippen LogP contribution in [-0.4, -0.2) is 73.4 Å². The SMILES string of the molecule is CC/C=C/CC/C=C/CC/C=C/C(O)C(COP(=O)(O)OCC[N+](C)(C)C)NC(=O)CCCCCCCCC/C=C\C/C=C\CCCCCCCCCCC. The summed E-state index contributed by atoms with van der Waals surface area (Å²) in [6.45, 7) is 4.64. The number of carbonyl (C=O) groups excluding carboxylic acids is 1. The Kier molecular flexibility index (Phi) is 36.5. The van der Waals surface area contributed by atoms with Crippen molar-refractivity contribution in [1.82, 2.24) is 5.32 Å².